The van der Waals surface area contributed by atoms with E-state index >= 15 is 0 Å². The molecule has 0 fully saturated rings. The molecule has 0 aliphatic carbocycles. The Morgan fingerprint density at radius 1 is 1.05 bits per heavy atom. The fourth-order valence-electron chi connectivity index (χ4n) is 1.53. The molecule has 3 N–H and O–H groups in total. The first-order valence-corrected chi connectivity index (χ1v) is 6.49. The summed E-state index contributed by atoms with van der Waals surface area (Å²) in [7, 11) is 0. The highest BCUT2D eigenvalue weighted by molar-refractivity contribution is 9.10. The highest BCUT2D eigenvalue weighted by atomic mass is 79.9. The van der Waals surface area contributed by atoms with Gasteiger partial charge in [0.1, 0.15) is 16.6 Å². The Bertz CT molecular complexity index is 647. The van der Waals surface area contributed by atoms with E-state index in [2.05, 4.69) is 21.2 Å². The van der Waals surface area contributed by atoms with Gasteiger partial charge in [-0.3, -0.25) is 0 Å². The van der Waals surface area contributed by atoms with Crippen LogP contribution in [-0.2, 0) is 0 Å². The Labute approximate surface area is 122 Å². The molecule has 0 saturated heterocycles. The van der Waals surface area contributed by atoms with Crippen LogP contribution in [-0.4, -0.2) is 4.99 Å². The molecule has 2 rings (SSSR count). The van der Waals surface area contributed by atoms with Crippen molar-refractivity contribution in [2.45, 2.75) is 0 Å². The minimum absolute atomic E-state index is 0.00117. The number of rotatable bonds is 3. The van der Waals surface area contributed by atoms with Crippen LogP contribution in [0.5, 0.6) is 0 Å². The van der Waals surface area contributed by atoms with Gasteiger partial charge in [-0.15, -0.1) is 0 Å². The molecule has 0 bridgehead atoms. The SMILES string of the molecule is NC(=S)c1ccc(Nc2ccc(Br)c(F)c2)cc1F. The maximum Gasteiger partial charge on any atom is 0.139 e. The largest absolute Gasteiger partial charge is 0.389 e. The number of nitrogens with two attached hydrogens (primary N) is 1. The minimum atomic E-state index is -0.518. The number of nitrogens with one attached hydrogen (secondary N) is 1. The normalized spacial score (nSPS) is 10.3. The lowest BCUT2D eigenvalue weighted by Crippen LogP contribution is -2.11. The van der Waals surface area contributed by atoms with E-state index in [-0.39, 0.29) is 10.6 Å². The molecular formula is C13H9BrF2N2S. The van der Waals surface area contributed by atoms with Crippen molar-refractivity contribution in [2.75, 3.05) is 5.32 Å². The van der Waals surface area contributed by atoms with E-state index in [1.807, 2.05) is 0 Å². The van der Waals surface area contributed by atoms with Crippen molar-refractivity contribution in [1.82, 2.24) is 0 Å². The first-order chi connectivity index (χ1) is 8.97. The number of halogens is 3. The molecule has 0 aromatic heterocycles. The lowest BCUT2D eigenvalue weighted by atomic mass is 10.2. The van der Waals surface area contributed by atoms with E-state index in [4.69, 9.17) is 18.0 Å². The third-order valence-corrected chi connectivity index (χ3v) is 3.31. The maximum atomic E-state index is 13.7. The van der Waals surface area contributed by atoms with Gasteiger partial charge in [0.2, 0.25) is 0 Å². The van der Waals surface area contributed by atoms with Gasteiger partial charge >= 0.3 is 0 Å². The van der Waals surface area contributed by atoms with Gasteiger partial charge < -0.3 is 11.1 Å². The second kappa shape index (κ2) is 5.63. The second-order valence-corrected chi connectivity index (χ2v) is 5.11. The summed E-state index contributed by atoms with van der Waals surface area (Å²) in [6.45, 7) is 0. The first kappa shape index (κ1) is 13.9. The molecule has 2 aromatic rings. The van der Waals surface area contributed by atoms with Crippen LogP contribution in [0.2, 0.25) is 0 Å². The highest BCUT2D eigenvalue weighted by Gasteiger charge is 2.07. The smallest absolute Gasteiger partial charge is 0.139 e. The Hall–Kier alpha value is -1.53. The Morgan fingerprint density at radius 2 is 1.63 bits per heavy atom. The Morgan fingerprint density at radius 3 is 2.16 bits per heavy atom. The van der Waals surface area contributed by atoms with Crippen LogP contribution in [0.3, 0.4) is 0 Å². The summed E-state index contributed by atoms with van der Waals surface area (Å²) < 4.78 is 27.4. The van der Waals surface area contributed by atoms with Crippen LogP contribution in [0.25, 0.3) is 0 Å². The Balaban J connectivity index is 2.26. The van der Waals surface area contributed by atoms with Gasteiger partial charge in [0.05, 0.1) is 4.47 Å². The molecule has 6 heteroatoms. The summed E-state index contributed by atoms with van der Waals surface area (Å²) in [5.41, 5.74) is 6.56. The van der Waals surface area contributed by atoms with Crippen LogP contribution in [0, 0.1) is 11.6 Å². The standard InChI is InChI=1S/C13H9BrF2N2S/c14-10-4-2-8(6-12(10)16)18-7-1-3-9(13(17)19)11(15)5-7/h1-6,18H,(H2,17,19). The molecule has 0 heterocycles. The molecule has 2 nitrogen and oxygen atoms in total. The van der Waals surface area contributed by atoms with Gasteiger partial charge in [0, 0.05) is 16.9 Å². The van der Waals surface area contributed by atoms with Gasteiger partial charge in [0.15, 0.2) is 0 Å². The van der Waals surface area contributed by atoms with Gasteiger partial charge in [-0.05, 0) is 52.3 Å². The number of thiocarbonyl (C=S) groups is 1. The fraction of sp³-hybridized carbons (Fsp3) is 0. The molecule has 0 saturated carbocycles. The third-order valence-electron chi connectivity index (χ3n) is 2.44. The quantitative estimate of drug-likeness (QED) is 0.824. The predicted molar refractivity (Wildman–Crippen MR) is 79.7 cm³/mol. The van der Waals surface area contributed by atoms with Crippen molar-refractivity contribution in [1.29, 1.82) is 0 Å². The van der Waals surface area contributed by atoms with Crippen molar-refractivity contribution in [3.05, 3.63) is 58.1 Å². The van der Waals surface area contributed by atoms with Crippen LogP contribution in [0.4, 0.5) is 20.2 Å². The van der Waals surface area contributed by atoms with Gasteiger partial charge in [-0.25, -0.2) is 8.78 Å². The first-order valence-electron chi connectivity index (χ1n) is 5.29. The molecular weight excluding hydrogens is 334 g/mol. The number of hydrogen-bond acceptors (Lipinski definition) is 2. The monoisotopic (exact) mass is 342 g/mol. The zero-order valence-electron chi connectivity index (χ0n) is 9.58. The molecule has 0 aliphatic heterocycles. The molecule has 19 heavy (non-hydrogen) atoms. The number of anilines is 2. The molecule has 0 amide bonds. The van der Waals surface area contributed by atoms with E-state index in [9.17, 15) is 8.78 Å². The van der Waals surface area contributed by atoms with Gasteiger partial charge in [-0.1, -0.05) is 12.2 Å². The molecule has 0 unspecified atom stereocenters. The number of benzene rings is 2. The summed E-state index contributed by atoms with van der Waals surface area (Å²) >= 11 is 7.78. The van der Waals surface area contributed by atoms with Crippen molar-refractivity contribution in [3.8, 4) is 0 Å². The Kier molecular flexibility index (Phi) is 4.11. The average molecular weight is 343 g/mol. The lowest BCUT2D eigenvalue weighted by molar-refractivity contribution is 0.622. The van der Waals surface area contributed by atoms with Crippen molar-refractivity contribution < 1.29 is 8.78 Å². The summed E-state index contributed by atoms with van der Waals surface area (Å²) in [5, 5.41) is 2.89. The predicted octanol–water partition coefficient (Wildman–Crippen LogP) is 4.11. The summed E-state index contributed by atoms with van der Waals surface area (Å²) in [5.74, 6) is -0.916. The zero-order chi connectivity index (χ0) is 14.0. The van der Waals surface area contributed by atoms with Gasteiger partial charge in [-0.2, -0.15) is 0 Å². The molecule has 2 aromatic carbocycles. The van der Waals surface area contributed by atoms with Crippen LogP contribution in [0.15, 0.2) is 40.9 Å². The van der Waals surface area contributed by atoms with Gasteiger partial charge in [0.25, 0.3) is 0 Å². The fourth-order valence-corrected chi connectivity index (χ4v) is 1.95. The topological polar surface area (TPSA) is 38.0 Å². The molecule has 0 radical (unpaired) electrons. The van der Waals surface area contributed by atoms with Crippen molar-refractivity contribution in [2.24, 2.45) is 5.73 Å². The van der Waals surface area contributed by atoms with E-state index < -0.39 is 11.6 Å². The van der Waals surface area contributed by atoms with E-state index in [1.54, 1.807) is 18.2 Å². The highest BCUT2D eigenvalue weighted by Crippen LogP contribution is 2.23. The lowest BCUT2D eigenvalue weighted by Gasteiger charge is -2.09. The van der Waals surface area contributed by atoms with E-state index in [0.717, 1.165) is 0 Å². The van der Waals surface area contributed by atoms with Crippen molar-refractivity contribution >= 4 is 44.5 Å². The molecule has 0 aliphatic rings. The second-order valence-electron chi connectivity index (χ2n) is 3.81. The molecule has 0 spiro atoms. The van der Waals surface area contributed by atoms with Crippen LogP contribution in [0.1, 0.15) is 5.56 Å². The maximum absolute atomic E-state index is 13.7. The summed E-state index contributed by atoms with van der Waals surface area (Å²) in [6, 6.07) is 8.91. The van der Waals surface area contributed by atoms with E-state index in [0.29, 0.717) is 15.8 Å². The van der Waals surface area contributed by atoms with Crippen LogP contribution >= 0.6 is 28.1 Å². The summed E-state index contributed by atoms with van der Waals surface area (Å²) in [6.07, 6.45) is 0. The summed E-state index contributed by atoms with van der Waals surface area (Å²) in [4.78, 5) is -0.00117. The molecule has 0 atom stereocenters. The number of hydrogen-bond donors (Lipinski definition) is 2. The zero-order valence-corrected chi connectivity index (χ0v) is 12.0. The molecule has 98 valence electrons. The van der Waals surface area contributed by atoms with Crippen LogP contribution < -0.4 is 11.1 Å². The minimum Gasteiger partial charge on any atom is -0.389 e. The van der Waals surface area contributed by atoms with E-state index in [1.165, 1.54) is 18.2 Å². The average Bonchev–Trinajstić information content (AvgIpc) is 2.33. The third kappa shape index (κ3) is 3.27. The van der Waals surface area contributed by atoms with Crippen molar-refractivity contribution in [3.63, 3.8) is 0 Å².